The number of carboxylic acid groups (broad SMARTS) is 1. The number of aliphatic carboxylic acids is 1. The highest BCUT2D eigenvalue weighted by molar-refractivity contribution is 8.14. The summed E-state index contributed by atoms with van der Waals surface area (Å²) in [7, 11) is 0. The summed E-state index contributed by atoms with van der Waals surface area (Å²) in [6.07, 6.45) is -0.490. The molecule has 12 heteroatoms. The SMILES string of the molecule is CCOC(=O)Cn1nccc1C=C1CNCCC1SC(C)=O.O=C(O)C(F)(F)F. The third-order valence-corrected chi connectivity index (χ3v) is 4.70. The van der Waals surface area contributed by atoms with Gasteiger partial charge in [0.15, 0.2) is 5.12 Å². The Morgan fingerprint density at radius 3 is 2.66 bits per heavy atom. The second-order valence-electron chi connectivity index (χ2n) is 5.80. The molecule has 29 heavy (non-hydrogen) atoms. The van der Waals surface area contributed by atoms with Crippen LogP contribution in [-0.2, 0) is 25.7 Å². The monoisotopic (exact) mass is 437 g/mol. The molecule has 2 heterocycles. The van der Waals surface area contributed by atoms with E-state index in [0.717, 1.165) is 30.8 Å². The zero-order valence-electron chi connectivity index (χ0n) is 15.9. The van der Waals surface area contributed by atoms with Crippen molar-refractivity contribution in [1.82, 2.24) is 15.1 Å². The number of carbonyl (C=O) groups is 3. The number of carboxylic acids is 1. The molecule has 8 nitrogen and oxygen atoms in total. The van der Waals surface area contributed by atoms with Crippen LogP contribution in [0.1, 0.15) is 26.0 Å². The van der Waals surface area contributed by atoms with Crippen molar-refractivity contribution in [3.8, 4) is 0 Å². The van der Waals surface area contributed by atoms with Crippen LogP contribution in [0.5, 0.6) is 0 Å². The van der Waals surface area contributed by atoms with Gasteiger partial charge in [-0.3, -0.25) is 14.3 Å². The Labute approximate surface area is 169 Å². The number of nitrogens with zero attached hydrogens (tertiary/aromatic N) is 2. The molecule has 1 aromatic rings. The number of hydrogen-bond acceptors (Lipinski definition) is 7. The van der Waals surface area contributed by atoms with Gasteiger partial charge in [0.2, 0.25) is 0 Å². The molecule has 1 atom stereocenters. The van der Waals surface area contributed by atoms with E-state index in [0.29, 0.717) is 6.61 Å². The molecule has 1 saturated heterocycles. The van der Waals surface area contributed by atoms with Crippen LogP contribution in [0.3, 0.4) is 0 Å². The first-order valence-corrected chi connectivity index (χ1v) is 9.48. The average Bonchev–Trinajstić information content (AvgIpc) is 3.03. The molecule has 1 fully saturated rings. The Kier molecular flexibility index (Phi) is 9.89. The molecule has 1 aromatic heterocycles. The molecule has 0 bridgehead atoms. The minimum absolute atomic E-state index is 0.0951. The Morgan fingerprint density at radius 2 is 2.10 bits per heavy atom. The van der Waals surface area contributed by atoms with Crippen molar-refractivity contribution in [2.45, 2.75) is 38.2 Å². The number of thioether (sulfide) groups is 1. The van der Waals surface area contributed by atoms with E-state index in [1.54, 1.807) is 24.7 Å². The number of nitrogens with one attached hydrogen (secondary N) is 1. The Morgan fingerprint density at radius 1 is 1.45 bits per heavy atom. The highest BCUT2D eigenvalue weighted by Crippen LogP contribution is 2.27. The lowest BCUT2D eigenvalue weighted by Gasteiger charge is -2.25. The molecule has 162 valence electrons. The van der Waals surface area contributed by atoms with Crippen LogP contribution in [0.15, 0.2) is 17.8 Å². The predicted octanol–water partition coefficient (Wildman–Crippen LogP) is 2.10. The standard InChI is InChI=1S/C15H21N3O3S.C2HF3O2/c1-3-21-15(20)10-18-13(4-7-17-18)8-12-9-16-6-5-14(12)22-11(2)19;3-2(4,5)1(6)7/h4,7-8,14,16H,3,5-6,9-10H2,1-2H3;(H,6,7). The summed E-state index contributed by atoms with van der Waals surface area (Å²) in [4.78, 5) is 31.9. The van der Waals surface area contributed by atoms with Gasteiger partial charge in [-0.05, 0) is 37.6 Å². The number of piperidine rings is 1. The summed E-state index contributed by atoms with van der Waals surface area (Å²) in [5, 5.41) is 14.9. The van der Waals surface area contributed by atoms with E-state index < -0.39 is 12.1 Å². The molecule has 0 radical (unpaired) electrons. The fraction of sp³-hybridized carbons (Fsp3) is 0.529. The predicted molar refractivity (Wildman–Crippen MR) is 100 cm³/mol. The number of alkyl halides is 3. The molecule has 1 aliphatic heterocycles. The van der Waals surface area contributed by atoms with Crippen LogP contribution in [0.25, 0.3) is 6.08 Å². The molecule has 0 aromatic carbocycles. The van der Waals surface area contributed by atoms with Crippen LogP contribution >= 0.6 is 11.8 Å². The fourth-order valence-electron chi connectivity index (χ4n) is 2.36. The smallest absolute Gasteiger partial charge is 0.475 e. The van der Waals surface area contributed by atoms with Crippen molar-refractivity contribution < 1.29 is 37.4 Å². The zero-order valence-corrected chi connectivity index (χ0v) is 16.7. The van der Waals surface area contributed by atoms with E-state index in [2.05, 4.69) is 10.4 Å². The average molecular weight is 437 g/mol. The van der Waals surface area contributed by atoms with Crippen molar-refractivity contribution in [3.63, 3.8) is 0 Å². The fourth-order valence-corrected chi connectivity index (χ4v) is 3.30. The lowest BCUT2D eigenvalue weighted by atomic mass is 10.0. The van der Waals surface area contributed by atoms with Gasteiger partial charge in [0.1, 0.15) is 6.54 Å². The third kappa shape index (κ3) is 9.13. The van der Waals surface area contributed by atoms with Crippen molar-refractivity contribution >= 4 is 34.9 Å². The molecule has 0 aliphatic carbocycles. The van der Waals surface area contributed by atoms with E-state index in [9.17, 15) is 22.8 Å². The molecule has 1 aliphatic rings. The summed E-state index contributed by atoms with van der Waals surface area (Å²) in [5.74, 6) is -3.06. The zero-order chi connectivity index (χ0) is 22.0. The van der Waals surface area contributed by atoms with Crippen LogP contribution in [0, 0.1) is 0 Å². The topological polar surface area (TPSA) is 111 Å². The van der Waals surface area contributed by atoms with E-state index in [-0.39, 0.29) is 22.9 Å². The first kappa shape index (κ1) is 24.7. The van der Waals surface area contributed by atoms with Crippen molar-refractivity contribution in [2.24, 2.45) is 0 Å². The molecular weight excluding hydrogens is 415 g/mol. The maximum Gasteiger partial charge on any atom is 0.490 e. The maximum absolute atomic E-state index is 11.6. The van der Waals surface area contributed by atoms with Gasteiger partial charge in [-0.15, -0.1) is 0 Å². The lowest BCUT2D eigenvalue weighted by Crippen LogP contribution is -2.32. The summed E-state index contributed by atoms with van der Waals surface area (Å²) >= 11 is 1.36. The Bertz CT molecular complexity index is 749. The first-order valence-electron chi connectivity index (χ1n) is 8.60. The van der Waals surface area contributed by atoms with Crippen molar-refractivity contribution in [3.05, 3.63) is 23.5 Å². The second-order valence-corrected chi connectivity index (χ2v) is 7.18. The van der Waals surface area contributed by atoms with E-state index in [1.807, 2.05) is 12.1 Å². The molecule has 0 spiro atoms. The van der Waals surface area contributed by atoms with Crippen LogP contribution in [0.4, 0.5) is 13.2 Å². The van der Waals surface area contributed by atoms with Gasteiger partial charge in [-0.25, -0.2) is 4.79 Å². The molecule has 0 saturated carbocycles. The number of rotatable bonds is 5. The second kappa shape index (κ2) is 11.6. The van der Waals surface area contributed by atoms with Crippen LogP contribution in [0.2, 0.25) is 0 Å². The normalized spacial score (nSPS) is 18.0. The maximum atomic E-state index is 11.6. The minimum Gasteiger partial charge on any atom is -0.475 e. The van der Waals surface area contributed by atoms with E-state index >= 15 is 0 Å². The van der Waals surface area contributed by atoms with E-state index in [4.69, 9.17) is 14.6 Å². The molecule has 2 N–H and O–H groups in total. The minimum atomic E-state index is -5.08. The summed E-state index contributed by atoms with van der Waals surface area (Å²) < 4.78 is 38.3. The van der Waals surface area contributed by atoms with Crippen molar-refractivity contribution in [1.29, 1.82) is 0 Å². The van der Waals surface area contributed by atoms with E-state index in [1.165, 1.54) is 11.8 Å². The summed E-state index contributed by atoms with van der Waals surface area (Å²) in [5.41, 5.74) is 2.00. The van der Waals surface area contributed by atoms with Gasteiger partial charge < -0.3 is 15.2 Å². The highest BCUT2D eigenvalue weighted by Gasteiger charge is 2.38. The molecule has 1 unspecified atom stereocenters. The number of carbonyl (C=O) groups excluding carboxylic acids is 2. The number of aromatic nitrogens is 2. The van der Waals surface area contributed by atoms with Gasteiger partial charge in [-0.1, -0.05) is 11.8 Å². The molecule has 0 amide bonds. The first-order chi connectivity index (χ1) is 13.5. The lowest BCUT2D eigenvalue weighted by molar-refractivity contribution is -0.192. The Hall–Kier alpha value is -2.34. The highest BCUT2D eigenvalue weighted by atomic mass is 32.2. The van der Waals surface area contributed by atoms with Gasteiger partial charge in [0.25, 0.3) is 0 Å². The van der Waals surface area contributed by atoms with Gasteiger partial charge in [0.05, 0.1) is 12.3 Å². The number of hydrogen-bond donors (Lipinski definition) is 2. The van der Waals surface area contributed by atoms with Crippen LogP contribution in [-0.4, -0.2) is 63.1 Å². The van der Waals surface area contributed by atoms with Gasteiger partial charge >= 0.3 is 18.1 Å². The summed E-state index contributed by atoms with van der Waals surface area (Å²) in [6.45, 7) is 5.48. The van der Waals surface area contributed by atoms with Crippen LogP contribution < -0.4 is 5.32 Å². The number of ether oxygens (including phenoxy) is 1. The summed E-state index contributed by atoms with van der Waals surface area (Å²) in [6, 6.07) is 1.86. The quantitative estimate of drug-likeness (QED) is 0.674. The van der Waals surface area contributed by atoms with Gasteiger partial charge in [-0.2, -0.15) is 18.3 Å². The van der Waals surface area contributed by atoms with Gasteiger partial charge in [0, 0.05) is 24.9 Å². The number of esters is 1. The number of halogens is 3. The largest absolute Gasteiger partial charge is 0.490 e. The molecule has 2 rings (SSSR count). The molecular formula is C17H22F3N3O5S. The third-order valence-electron chi connectivity index (χ3n) is 3.54. The van der Waals surface area contributed by atoms with Crippen molar-refractivity contribution in [2.75, 3.05) is 19.7 Å². The Balaban J connectivity index is 0.000000516.